The molecule has 0 radical (unpaired) electrons. The van der Waals surface area contributed by atoms with Gasteiger partial charge in [-0.1, -0.05) is 48.2 Å². The summed E-state index contributed by atoms with van der Waals surface area (Å²) in [7, 11) is -3.88. The highest BCUT2D eigenvalue weighted by Gasteiger charge is 2.69. The van der Waals surface area contributed by atoms with E-state index in [9.17, 15) is 17.6 Å². The lowest BCUT2D eigenvalue weighted by atomic mass is 9.92. The topological polar surface area (TPSA) is 66.5 Å². The minimum Gasteiger partial charge on any atom is -0.351 e. The first-order chi connectivity index (χ1) is 15.2. The molecule has 1 aliphatic heterocycles. The summed E-state index contributed by atoms with van der Waals surface area (Å²) in [4.78, 5) is 12.5. The summed E-state index contributed by atoms with van der Waals surface area (Å²) >= 11 is 12.1. The van der Waals surface area contributed by atoms with Crippen LogP contribution in [-0.4, -0.2) is 38.3 Å². The molecule has 1 N–H and O–H groups in total. The Bertz CT molecular complexity index is 1170. The maximum absolute atomic E-state index is 14.1. The second-order valence-electron chi connectivity index (χ2n) is 9.15. The summed E-state index contributed by atoms with van der Waals surface area (Å²) in [6.45, 7) is 1.18. The van der Waals surface area contributed by atoms with Gasteiger partial charge in [-0.15, -0.1) is 0 Å². The molecule has 5 nitrogen and oxygen atoms in total. The molecule has 32 heavy (non-hydrogen) atoms. The van der Waals surface area contributed by atoms with Gasteiger partial charge in [-0.05, 0) is 59.9 Å². The minimum atomic E-state index is -3.88. The van der Waals surface area contributed by atoms with Gasteiger partial charge in [0.15, 0.2) is 0 Å². The first-order valence-corrected chi connectivity index (χ1v) is 12.9. The van der Waals surface area contributed by atoms with Crippen LogP contribution in [0.5, 0.6) is 0 Å². The number of piperidine rings is 1. The Morgan fingerprint density at radius 1 is 1.12 bits per heavy atom. The van der Waals surface area contributed by atoms with Gasteiger partial charge in [-0.25, -0.2) is 12.8 Å². The Labute approximate surface area is 196 Å². The van der Waals surface area contributed by atoms with E-state index >= 15 is 0 Å². The van der Waals surface area contributed by atoms with Crippen molar-refractivity contribution < 1.29 is 17.6 Å². The molecule has 2 aromatic rings. The molecule has 2 saturated carbocycles. The fourth-order valence-electron chi connectivity index (χ4n) is 5.30. The molecule has 3 aliphatic rings. The van der Waals surface area contributed by atoms with Crippen molar-refractivity contribution >= 4 is 39.1 Å². The maximum Gasteiger partial charge on any atom is 0.252 e. The predicted molar refractivity (Wildman–Crippen MR) is 121 cm³/mol. The van der Waals surface area contributed by atoms with Crippen LogP contribution in [0.15, 0.2) is 47.4 Å². The van der Waals surface area contributed by atoms with Crippen LogP contribution in [-0.2, 0) is 10.0 Å². The first-order valence-electron chi connectivity index (χ1n) is 10.7. The predicted octanol–water partition coefficient (Wildman–Crippen LogP) is 4.60. The van der Waals surface area contributed by atoms with Gasteiger partial charge in [0, 0.05) is 24.7 Å². The number of hydrogen-bond acceptors (Lipinski definition) is 3. The molecule has 9 heteroatoms. The third-order valence-electron chi connectivity index (χ3n) is 7.23. The van der Waals surface area contributed by atoms with E-state index in [0.717, 1.165) is 6.42 Å². The van der Waals surface area contributed by atoms with Crippen LogP contribution < -0.4 is 5.32 Å². The molecule has 0 aromatic heterocycles. The SMILES string of the molecule is O=C(NCC1(CC2CC2)[C@@H]2CN(S(=O)(=O)c3ccccc3F)C[C@@H]21)c1ccc(Cl)cc1Cl. The number of hydrogen-bond donors (Lipinski definition) is 1. The molecule has 170 valence electrons. The fraction of sp³-hybridized carbons (Fsp3) is 0.435. The Kier molecular flexibility index (Phi) is 5.52. The summed E-state index contributed by atoms with van der Waals surface area (Å²) in [5.41, 5.74) is 0.254. The van der Waals surface area contributed by atoms with Crippen LogP contribution in [0.25, 0.3) is 0 Å². The summed E-state index contributed by atoms with van der Waals surface area (Å²) in [5, 5.41) is 3.78. The van der Waals surface area contributed by atoms with Crippen molar-refractivity contribution in [1.29, 1.82) is 0 Å². The summed E-state index contributed by atoms with van der Waals surface area (Å²) in [6, 6.07) is 10.2. The number of amides is 1. The second kappa shape index (κ2) is 7.97. The van der Waals surface area contributed by atoms with Gasteiger partial charge < -0.3 is 5.32 Å². The average Bonchev–Trinajstić information content (AvgIpc) is 3.61. The van der Waals surface area contributed by atoms with E-state index in [1.807, 2.05) is 0 Å². The standard InChI is InChI=1S/C23H23Cl2FN2O3S/c24-15-7-8-16(19(25)9-15)22(29)27-13-23(10-14-5-6-14)17-11-28(12-18(17)23)32(30,31)21-4-2-1-3-20(21)26/h1-4,7-9,14,17-18H,5-6,10-13H2,(H,27,29)/t17-,18+,23?. The number of fused-ring (bicyclic) bond motifs is 1. The molecule has 5 rings (SSSR count). The highest BCUT2D eigenvalue weighted by atomic mass is 35.5. The van der Waals surface area contributed by atoms with Gasteiger partial charge in [-0.3, -0.25) is 4.79 Å². The van der Waals surface area contributed by atoms with E-state index in [2.05, 4.69) is 5.32 Å². The highest BCUT2D eigenvalue weighted by Crippen LogP contribution is 2.67. The smallest absolute Gasteiger partial charge is 0.252 e. The molecular formula is C23H23Cl2FN2O3S. The summed E-state index contributed by atoms with van der Waals surface area (Å²) in [6.07, 6.45) is 3.33. The summed E-state index contributed by atoms with van der Waals surface area (Å²) in [5.74, 6) is -0.0448. The Balaban J connectivity index is 1.29. The lowest BCUT2D eigenvalue weighted by molar-refractivity contribution is 0.0937. The van der Waals surface area contributed by atoms with Crippen molar-refractivity contribution in [2.24, 2.45) is 23.2 Å². The van der Waals surface area contributed by atoms with Gasteiger partial charge in [0.2, 0.25) is 10.0 Å². The zero-order valence-electron chi connectivity index (χ0n) is 17.2. The third kappa shape index (κ3) is 3.83. The lowest BCUT2D eigenvalue weighted by Crippen LogP contribution is -2.39. The third-order valence-corrected chi connectivity index (χ3v) is 9.64. The molecule has 3 atom stereocenters. The summed E-state index contributed by atoms with van der Waals surface area (Å²) < 4.78 is 41.5. The lowest BCUT2D eigenvalue weighted by Gasteiger charge is -2.27. The average molecular weight is 497 g/mol. The van der Waals surface area contributed by atoms with Crippen molar-refractivity contribution in [3.63, 3.8) is 0 Å². The van der Waals surface area contributed by atoms with Crippen LogP contribution in [0.3, 0.4) is 0 Å². The molecule has 0 bridgehead atoms. The fourth-order valence-corrected chi connectivity index (χ4v) is 7.35. The van der Waals surface area contributed by atoms with Gasteiger partial charge in [0.25, 0.3) is 5.91 Å². The van der Waals surface area contributed by atoms with Crippen molar-refractivity contribution in [1.82, 2.24) is 9.62 Å². The number of rotatable bonds is 7. The van der Waals surface area contributed by atoms with Crippen LogP contribution in [0, 0.1) is 29.0 Å². The van der Waals surface area contributed by atoms with Gasteiger partial charge >= 0.3 is 0 Å². The number of nitrogens with one attached hydrogen (secondary N) is 1. The van der Waals surface area contributed by atoms with Gasteiger partial charge in [0.1, 0.15) is 10.7 Å². The van der Waals surface area contributed by atoms with Gasteiger partial charge in [-0.2, -0.15) is 4.31 Å². The zero-order valence-corrected chi connectivity index (χ0v) is 19.6. The molecule has 2 aromatic carbocycles. The van der Waals surface area contributed by atoms with Gasteiger partial charge in [0.05, 0.1) is 10.6 Å². The highest BCUT2D eigenvalue weighted by molar-refractivity contribution is 7.89. The Morgan fingerprint density at radius 2 is 1.81 bits per heavy atom. The monoisotopic (exact) mass is 496 g/mol. The van der Waals surface area contributed by atoms with Crippen molar-refractivity contribution in [3.8, 4) is 0 Å². The van der Waals surface area contributed by atoms with Crippen LogP contribution in [0.2, 0.25) is 10.0 Å². The molecule has 1 unspecified atom stereocenters. The van der Waals surface area contributed by atoms with Crippen LogP contribution in [0.4, 0.5) is 4.39 Å². The van der Waals surface area contributed by atoms with E-state index in [4.69, 9.17) is 23.2 Å². The minimum absolute atomic E-state index is 0.114. The van der Waals surface area contributed by atoms with E-state index < -0.39 is 15.8 Å². The van der Waals surface area contributed by atoms with E-state index in [1.165, 1.54) is 47.5 Å². The second-order valence-corrected chi connectivity index (χ2v) is 11.9. The molecule has 0 spiro atoms. The zero-order chi connectivity index (χ0) is 22.7. The number of carbonyl (C=O) groups is 1. The maximum atomic E-state index is 14.1. The number of sulfonamides is 1. The van der Waals surface area contributed by atoms with Crippen molar-refractivity contribution in [3.05, 3.63) is 63.9 Å². The number of benzene rings is 2. The quantitative estimate of drug-likeness (QED) is 0.608. The Morgan fingerprint density at radius 3 is 2.44 bits per heavy atom. The molecular weight excluding hydrogens is 474 g/mol. The molecule has 1 heterocycles. The Hall–Kier alpha value is -1.67. The number of nitrogens with zero attached hydrogens (tertiary/aromatic N) is 1. The van der Waals surface area contributed by atoms with Crippen molar-refractivity contribution in [2.45, 2.75) is 24.2 Å². The molecule has 1 amide bonds. The largest absolute Gasteiger partial charge is 0.351 e. The van der Waals surface area contributed by atoms with E-state index in [-0.39, 0.29) is 28.1 Å². The van der Waals surface area contributed by atoms with Crippen LogP contribution in [0.1, 0.15) is 29.6 Å². The van der Waals surface area contributed by atoms with Crippen LogP contribution >= 0.6 is 23.2 Å². The normalized spacial score (nSPS) is 27.2. The van der Waals surface area contributed by atoms with Crippen molar-refractivity contribution in [2.75, 3.05) is 19.6 Å². The van der Waals surface area contributed by atoms with E-state index in [0.29, 0.717) is 41.2 Å². The molecule has 3 fully saturated rings. The number of halogens is 3. The first kappa shape index (κ1) is 22.1. The number of carbonyl (C=O) groups excluding carboxylic acids is 1. The molecule has 1 saturated heterocycles. The molecule has 2 aliphatic carbocycles. The van der Waals surface area contributed by atoms with E-state index in [1.54, 1.807) is 12.1 Å².